The summed E-state index contributed by atoms with van der Waals surface area (Å²) in [6, 6.07) is 28.4. The van der Waals surface area contributed by atoms with Crippen LogP contribution < -0.4 is 4.74 Å². The van der Waals surface area contributed by atoms with Crippen molar-refractivity contribution in [1.82, 2.24) is 4.57 Å². The molecule has 0 spiro atoms. The van der Waals surface area contributed by atoms with E-state index in [-0.39, 0.29) is 11.2 Å². The molecule has 0 amide bonds. The molecular weight excluding hydrogens is 450 g/mol. The Morgan fingerprint density at radius 2 is 1.53 bits per heavy atom. The number of aromatic nitrogens is 1. The second-order valence-electron chi connectivity index (χ2n) is 9.97. The number of para-hydroxylation sites is 1. The van der Waals surface area contributed by atoms with Gasteiger partial charge >= 0.3 is 5.97 Å². The Balaban J connectivity index is 1.66. The maximum absolute atomic E-state index is 13.3. The largest absolute Gasteiger partial charge is 0.497 e. The highest BCUT2D eigenvalue weighted by Crippen LogP contribution is 2.41. The number of rotatable bonds is 6. The van der Waals surface area contributed by atoms with Gasteiger partial charge in [-0.3, -0.25) is 4.79 Å². The van der Waals surface area contributed by atoms with Crippen molar-refractivity contribution in [2.24, 2.45) is 5.41 Å². The number of nitrogens with zero attached hydrogens (tertiary/aromatic N) is 1. The molecule has 1 aromatic heterocycles. The van der Waals surface area contributed by atoms with Crippen LogP contribution in [-0.2, 0) is 11.2 Å². The number of hydrogen-bond donors (Lipinski definition) is 0. The molecular formula is C31H29NO4. The van der Waals surface area contributed by atoms with Crippen molar-refractivity contribution in [3.8, 4) is 11.4 Å². The fraction of sp³-hybridized carbons (Fsp3) is 0.226. The van der Waals surface area contributed by atoms with Crippen LogP contribution in [0.4, 0.5) is 0 Å². The van der Waals surface area contributed by atoms with Gasteiger partial charge in [-0.15, -0.1) is 0 Å². The molecule has 5 heteroatoms. The highest BCUT2D eigenvalue weighted by molar-refractivity contribution is 5.99. The molecule has 1 aliphatic carbocycles. The van der Waals surface area contributed by atoms with Gasteiger partial charge in [0.1, 0.15) is 5.75 Å². The van der Waals surface area contributed by atoms with Gasteiger partial charge in [0.15, 0.2) is 11.9 Å². The lowest BCUT2D eigenvalue weighted by Crippen LogP contribution is -2.28. The Kier molecular flexibility index (Phi) is 6.23. The summed E-state index contributed by atoms with van der Waals surface area (Å²) < 4.78 is 13.5. The number of benzene rings is 3. The summed E-state index contributed by atoms with van der Waals surface area (Å²) in [7, 11) is 1.58. The summed E-state index contributed by atoms with van der Waals surface area (Å²) >= 11 is 0. The van der Waals surface area contributed by atoms with E-state index >= 15 is 0 Å². The zero-order valence-corrected chi connectivity index (χ0v) is 20.7. The fourth-order valence-corrected chi connectivity index (χ4v) is 4.94. The van der Waals surface area contributed by atoms with E-state index in [0.717, 1.165) is 29.1 Å². The zero-order valence-electron chi connectivity index (χ0n) is 20.7. The molecule has 182 valence electrons. The third kappa shape index (κ3) is 4.57. The average molecular weight is 480 g/mol. The van der Waals surface area contributed by atoms with Crippen LogP contribution in [0.5, 0.6) is 5.75 Å². The van der Waals surface area contributed by atoms with Crippen LogP contribution in [0.2, 0.25) is 0 Å². The number of methoxy groups -OCH3 is 1. The van der Waals surface area contributed by atoms with Crippen LogP contribution in [-0.4, -0.2) is 23.4 Å². The van der Waals surface area contributed by atoms with E-state index in [1.807, 2.05) is 66.7 Å². The lowest BCUT2D eigenvalue weighted by Gasteiger charge is -2.30. The van der Waals surface area contributed by atoms with Crippen LogP contribution >= 0.6 is 0 Å². The number of hydrogen-bond acceptors (Lipinski definition) is 4. The molecule has 5 rings (SSSR count). The predicted octanol–water partition coefficient (Wildman–Crippen LogP) is 6.59. The molecule has 0 aliphatic heterocycles. The van der Waals surface area contributed by atoms with Crippen molar-refractivity contribution in [3.05, 3.63) is 119 Å². The van der Waals surface area contributed by atoms with Gasteiger partial charge in [0, 0.05) is 23.4 Å². The Labute approximate surface area is 211 Å². The standard InChI is InChI=1S/C31H29NO4/c1-31(2)19-27-25(28(33)20-31)18-26(32(27)23-12-8-5-9-13-23)29(21-10-6-4-7-11-21)36-30(34)22-14-16-24(35-3)17-15-22/h4-18,29H,19-20H2,1-3H3. The van der Waals surface area contributed by atoms with E-state index < -0.39 is 12.1 Å². The van der Waals surface area contributed by atoms with Crippen LogP contribution in [0, 0.1) is 5.41 Å². The molecule has 0 fully saturated rings. The lowest BCUT2D eigenvalue weighted by atomic mass is 9.76. The molecule has 1 aliphatic rings. The van der Waals surface area contributed by atoms with E-state index in [9.17, 15) is 9.59 Å². The number of esters is 1. The smallest absolute Gasteiger partial charge is 0.339 e. The number of ketones is 1. The zero-order chi connectivity index (χ0) is 25.3. The van der Waals surface area contributed by atoms with Gasteiger partial charge in [-0.1, -0.05) is 62.4 Å². The first kappa shape index (κ1) is 23.6. The minimum Gasteiger partial charge on any atom is -0.497 e. The Morgan fingerprint density at radius 1 is 0.889 bits per heavy atom. The molecule has 0 radical (unpaired) electrons. The highest BCUT2D eigenvalue weighted by atomic mass is 16.5. The number of fused-ring (bicyclic) bond motifs is 1. The minimum absolute atomic E-state index is 0.116. The molecule has 0 saturated heterocycles. The maximum Gasteiger partial charge on any atom is 0.339 e. The topological polar surface area (TPSA) is 57.5 Å². The molecule has 1 unspecified atom stereocenters. The number of carbonyl (C=O) groups is 2. The van der Waals surface area contributed by atoms with Gasteiger partial charge in [-0.2, -0.15) is 0 Å². The Hall–Kier alpha value is -4.12. The Morgan fingerprint density at radius 3 is 2.17 bits per heavy atom. The van der Waals surface area contributed by atoms with Crippen molar-refractivity contribution < 1.29 is 19.1 Å². The monoisotopic (exact) mass is 479 g/mol. The average Bonchev–Trinajstić information content (AvgIpc) is 3.26. The molecule has 0 N–H and O–H groups in total. The molecule has 0 saturated carbocycles. The second-order valence-corrected chi connectivity index (χ2v) is 9.97. The first-order chi connectivity index (χ1) is 17.4. The summed E-state index contributed by atoms with van der Waals surface area (Å²) in [4.78, 5) is 26.5. The summed E-state index contributed by atoms with van der Waals surface area (Å²) in [6.07, 6.45) is 0.527. The lowest BCUT2D eigenvalue weighted by molar-refractivity contribution is 0.0367. The van der Waals surface area contributed by atoms with Crippen LogP contribution in [0.1, 0.15) is 64.0 Å². The third-order valence-electron chi connectivity index (χ3n) is 6.65. The van der Waals surface area contributed by atoms with Gasteiger partial charge in [0.25, 0.3) is 0 Å². The second kappa shape index (κ2) is 9.50. The molecule has 3 aromatic carbocycles. The summed E-state index contributed by atoms with van der Waals surface area (Å²) in [6.45, 7) is 4.24. The molecule has 36 heavy (non-hydrogen) atoms. The first-order valence-corrected chi connectivity index (χ1v) is 12.1. The van der Waals surface area contributed by atoms with Gasteiger partial charge in [-0.05, 0) is 59.9 Å². The van der Waals surface area contributed by atoms with Crippen LogP contribution in [0.15, 0.2) is 91.0 Å². The molecule has 1 atom stereocenters. The van der Waals surface area contributed by atoms with Crippen molar-refractivity contribution in [1.29, 1.82) is 0 Å². The fourth-order valence-electron chi connectivity index (χ4n) is 4.94. The molecule has 4 aromatic rings. The first-order valence-electron chi connectivity index (χ1n) is 12.1. The summed E-state index contributed by atoms with van der Waals surface area (Å²) in [5.41, 5.74) is 4.45. The predicted molar refractivity (Wildman–Crippen MR) is 139 cm³/mol. The third-order valence-corrected chi connectivity index (χ3v) is 6.65. The SMILES string of the molecule is COc1ccc(C(=O)OC(c2ccccc2)c2cc3c(n2-c2ccccc2)CC(C)(C)CC3=O)cc1. The maximum atomic E-state index is 13.3. The quantitative estimate of drug-likeness (QED) is 0.293. The highest BCUT2D eigenvalue weighted by Gasteiger charge is 2.37. The normalized spacial score (nSPS) is 15.1. The Bertz CT molecular complexity index is 1390. The van der Waals surface area contributed by atoms with Gasteiger partial charge in [0.05, 0.1) is 18.4 Å². The van der Waals surface area contributed by atoms with Crippen LogP contribution in [0.3, 0.4) is 0 Å². The number of ether oxygens (including phenoxy) is 2. The number of Topliss-reactive ketones (excluding diaryl/α,β-unsaturated/α-hetero) is 1. The summed E-state index contributed by atoms with van der Waals surface area (Å²) in [5.74, 6) is 0.334. The molecule has 0 bridgehead atoms. The van der Waals surface area contributed by atoms with Crippen LogP contribution in [0.25, 0.3) is 5.69 Å². The van der Waals surface area contributed by atoms with Gasteiger partial charge < -0.3 is 14.0 Å². The molecule has 5 nitrogen and oxygen atoms in total. The van der Waals surface area contributed by atoms with E-state index in [1.165, 1.54) is 0 Å². The van der Waals surface area contributed by atoms with E-state index in [1.54, 1.807) is 31.4 Å². The van der Waals surface area contributed by atoms with Crippen molar-refractivity contribution in [3.63, 3.8) is 0 Å². The van der Waals surface area contributed by atoms with Crippen molar-refractivity contribution >= 4 is 11.8 Å². The van der Waals surface area contributed by atoms with E-state index in [4.69, 9.17) is 9.47 Å². The number of carbonyl (C=O) groups excluding carboxylic acids is 2. The van der Waals surface area contributed by atoms with E-state index in [0.29, 0.717) is 23.3 Å². The van der Waals surface area contributed by atoms with Crippen molar-refractivity contribution in [2.45, 2.75) is 32.8 Å². The van der Waals surface area contributed by atoms with Gasteiger partial charge in [-0.25, -0.2) is 4.79 Å². The molecule has 1 heterocycles. The van der Waals surface area contributed by atoms with Crippen molar-refractivity contribution in [2.75, 3.05) is 7.11 Å². The van der Waals surface area contributed by atoms with Gasteiger partial charge in [0.2, 0.25) is 0 Å². The summed E-state index contributed by atoms with van der Waals surface area (Å²) in [5, 5.41) is 0. The van der Waals surface area contributed by atoms with E-state index in [2.05, 4.69) is 18.4 Å². The minimum atomic E-state index is -0.706.